The number of imidazole rings is 1. The number of hydrogen-bond acceptors (Lipinski definition) is 8. The van der Waals surface area contributed by atoms with Crippen LogP contribution in [-0.4, -0.2) is 92.3 Å². The third kappa shape index (κ3) is 9.67. The van der Waals surface area contributed by atoms with Crippen molar-refractivity contribution in [3.05, 3.63) is 77.8 Å². The molecule has 4 atom stereocenters. The number of likely N-dealkylation sites (tertiary alicyclic amines) is 1. The molecule has 0 bridgehead atoms. The maximum Gasteiger partial charge on any atom is 0.248 e. The Labute approximate surface area is 326 Å². The lowest BCUT2D eigenvalue weighted by Gasteiger charge is -2.40. The summed E-state index contributed by atoms with van der Waals surface area (Å²) in [5.74, 6) is -3.48. The molecule has 2 aromatic carbocycles. The van der Waals surface area contributed by atoms with Crippen LogP contribution in [0, 0.1) is 28.4 Å². The Bertz CT molecular complexity index is 1930. The number of nitrogens with two attached hydrogens (primary N) is 1. The fourth-order valence-corrected chi connectivity index (χ4v) is 7.68. The number of carbonyl (C=O) groups excluding carboxylic acids is 5. The number of nitrogens with one attached hydrogen (secondary N) is 2. The number of aliphatic hydroxyl groups excluding tert-OH is 1. The molecular weight excluding hydrogens is 724 g/mol. The van der Waals surface area contributed by atoms with E-state index in [-0.39, 0.29) is 61.5 Å². The molecule has 1 aromatic heterocycles. The molecule has 13 nitrogen and oxygen atoms in total. The second-order valence-electron chi connectivity index (χ2n) is 16.5. The van der Waals surface area contributed by atoms with Gasteiger partial charge in [0.15, 0.2) is 0 Å². The fourth-order valence-electron chi connectivity index (χ4n) is 7.68. The summed E-state index contributed by atoms with van der Waals surface area (Å²) in [5.41, 5.74) is 5.93. The highest BCUT2D eigenvalue weighted by Crippen LogP contribution is 2.40. The highest BCUT2D eigenvalue weighted by atomic mass is 19.1. The van der Waals surface area contributed by atoms with Gasteiger partial charge >= 0.3 is 0 Å². The fraction of sp³-hybridized carbons (Fsp3) is 0.512. The van der Waals surface area contributed by atoms with Crippen LogP contribution in [0.25, 0.3) is 11.3 Å². The number of aliphatic hydroxyl groups is 1. The van der Waals surface area contributed by atoms with Gasteiger partial charge in [-0.25, -0.2) is 13.8 Å². The van der Waals surface area contributed by atoms with Gasteiger partial charge in [0.05, 0.1) is 29.1 Å². The first kappa shape index (κ1) is 42.1. The number of benzene rings is 2. The summed E-state index contributed by atoms with van der Waals surface area (Å²) in [7, 11) is 0. The van der Waals surface area contributed by atoms with E-state index < -0.39 is 64.9 Å². The molecule has 1 aliphatic heterocycles. The monoisotopic (exact) mass is 777 g/mol. The zero-order valence-corrected chi connectivity index (χ0v) is 32.7. The molecule has 0 unspecified atom stereocenters. The van der Waals surface area contributed by atoms with Crippen LogP contribution in [0.4, 0.5) is 8.78 Å². The average Bonchev–Trinajstić information content (AvgIpc) is 3.82. The van der Waals surface area contributed by atoms with E-state index in [0.29, 0.717) is 31.6 Å². The predicted molar refractivity (Wildman–Crippen MR) is 204 cm³/mol. The minimum absolute atomic E-state index is 0.00719. The van der Waals surface area contributed by atoms with Crippen LogP contribution in [0.5, 0.6) is 0 Å². The molecule has 2 aliphatic rings. The smallest absolute Gasteiger partial charge is 0.248 e. The number of amides is 5. The Morgan fingerprint density at radius 2 is 1.80 bits per heavy atom. The topological polar surface area (TPSA) is 180 Å². The highest BCUT2D eigenvalue weighted by Gasteiger charge is 2.45. The van der Waals surface area contributed by atoms with Crippen LogP contribution >= 0.6 is 0 Å². The molecular formula is C41H53F2N7O6. The van der Waals surface area contributed by atoms with Crippen molar-refractivity contribution in [3.8, 4) is 11.3 Å². The molecule has 2 fully saturated rings. The summed E-state index contributed by atoms with van der Waals surface area (Å²) in [6.45, 7) is 8.64. The van der Waals surface area contributed by atoms with Gasteiger partial charge in [-0.3, -0.25) is 28.9 Å². The van der Waals surface area contributed by atoms with E-state index in [2.05, 4.69) is 10.6 Å². The number of imide groups is 1. The van der Waals surface area contributed by atoms with Crippen molar-refractivity contribution in [2.24, 2.45) is 22.5 Å². The van der Waals surface area contributed by atoms with Gasteiger partial charge < -0.3 is 30.9 Å². The van der Waals surface area contributed by atoms with E-state index >= 15 is 4.39 Å². The van der Waals surface area contributed by atoms with Crippen LogP contribution in [0.1, 0.15) is 84.2 Å². The number of rotatable bonds is 15. The molecule has 5 amide bonds. The first-order valence-corrected chi connectivity index (χ1v) is 19.1. The van der Waals surface area contributed by atoms with Crippen molar-refractivity contribution >= 4 is 29.5 Å². The second-order valence-corrected chi connectivity index (χ2v) is 16.5. The van der Waals surface area contributed by atoms with E-state index in [1.165, 1.54) is 9.80 Å². The summed E-state index contributed by atoms with van der Waals surface area (Å²) < 4.78 is 31.2. The Morgan fingerprint density at radius 3 is 2.45 bits per heavy atom. The molecule has 0 spiro atoms. The second kappa shape index (κ2) is 17.4. The normalized spacial score (nSPS) is 19.2. The van der Waals surface area contributed by atoms with Crippen molar-refractivity contribution in [1.29, 1.82) is 0 Å². The summed E-state index contributed by atoms with van der Waals surface area (Å²) >= 11 is 0. The standard InChI is InChI=1S/C41H53F2N7O6/c1-40(2,3)35(36-46-32(28-20-26(42)14-15-29(28)43)23-48(36)22-25-10-7-6-8-11-25)49(34(53)24-51)18-16-30(44)38(55)47-31-13-9-12-27(31)37(54)45-17-19-50-33(52)21-41(4,5)39(50)56/h6-8,10-11,14-15,20,23,27,30-31,35,51H,9,12-13,16-19,21-22,24,44H2,1-5H3,(H,45,54)(H,47,55)/t27-,30+,31+,35+/m1/s1. The number of halogens is 2. The third-order valence-corrected chi connectivity index (χ3v) is 10.6. The maximum atomic E-state index is 15.0. The first-order valence-electron chi connectivity index (χ1n) is 19.1. The Kier molecular flexibility index (Phi) is 13.1. The van der Waals surface area contributed by atoms with E-state index in [1.807, 2.05) is 51.1 Å². The van der Waals surface area contributed by atoms with Gasteiger partial charge in [0, 0.05) is 50.4 Å². The van der Waals surface area contributed by atoms with Crippen LogP contribution in [0.3, 0.4) is 0 Å². The van der Waals surface area contributed by atoms with Crippen LogP contribution in [0.2, 0.25) is 0 Å². The number of carbonyl (C=O) groups is 5. The molecule has 3 aromatic rings. The van der Waals surface area contributed by atoms with Gasteiger partial charge in [-0.05, 0) is 48.4 Å². The van der Waals surface area contributed by atoms with Gasteiger partial charge in [-0.15, -0.1) is 0 Å². The Morgan fingerprint density at radius 1 is 1.09 bits per heavy atom. The molecule has 56 heavy (non-hydrogen) atoms. The molecule has 0 radical (unpaired) electrons. The quantitative estimate of drug-likeness (QED) is 0.169. The molecule has 15 heteroatoms. The van der Waals surface area contributed by atoms with Gasteiger partial charge in [0.1, 0.15) is 24.1 Å². The molecule has 1 saturated heterocycles. The van der Waals surface area contributed by atoms with E-state index in [0.717, 1.165) is 23.8 Å². The number of hydrogen-bond donors (Lipinski definition) is 4. The molecule has 1 saturated carbocycles. The molecule has 1 aliphatic carbocycles. The average molecular weight is 778 g/mol. The van der Waals surface area contributed by atoms with E-state index in [1.54, 1.807) is 24.6 Å². The third-order valence-electron chi connectivity index (χ3n) is 10.6. The highest BCUT2D eigenvalue weighted by molar-refractivity contribution is 6.05. The SMILES string of the molecule is CC1(C)CC(=O)N(CCNC(=O)[C@@H]2CCC[C@@H]2NC(=O)[C@@H](N)CCN(C(=O)CO)[C@@H](c2nc(-c3cc(F)ccc3F)cn2Cc2ccccc2)C(C)(C)C)C1=O. The van der Waals surface area contributed by atoms with Gasteiger partial charge in [0.2, 0.25) is 29.5 Å². The van der Waals surface area contributed by atoms with Gasteiger partial charge in [-0.1, -0.05) is 71.4 Å². The maximum absolute atomic E-state index is 15.0. The van der Waals surface area contributed by atoms with Crippen molar-refractivity contribution in [3.63, 3.8) is 0 Å². The van der Waals surface area contributed by atoms with Crippen molar-refractivity contribution in [2.75, 3.05) is 26.2 Å². The summed E-state index contributed by atoms with van der Waals surface area (Å²) in [6, 6.07) is 10.1. The minimum atomic E-state index is -1.09. The minimum Gasteiger partial charge on any atom is -0.387 e. The summed E-state index contributed by atoms with van der Waals surface area (Å²) in [4.78, 5) is 72.4. The summed E-state index contributed by atoms with van der Waals surface area (Å²) in [5, 5.41) is 15.9. The zero-order valence-electron chi connectivity index (χ0n) is 32.7. The lowest BCUT2D eigenvalue weighted by Crippen LogP contribution is -2.51. The van der Waals surface area contributed by atoms with E-state index in [4.69, 9.17) is 10.7 Å². The Hall–Kier alpha value is -5.02. The van der Waals surface area contributed by atoms with Crippen LogP contribution in [-0.2, 0) is 30.5 Å². The number of nitrogens with zero attached hydrogens (tertiary/aromatic N) is 4. The molecule has 5 rings (SSSR count). The predicted octanol–water partition coefficient (Wildman–Crippen LogP) is 3.69. The van der Waals surface area contributed by atoms with Gasteiger partial charge in [0.25, 0.3) is 0 Å². The largest absolute Gasteiger partial charge is 0.387 e. The summed E-state index contributed by atoms with van der Waals surface area (Å²) in [6.07, 6.45) is 3.50. The first-order chi connectivity index (χ1) is 26.4. The lowest BCUT2D eigenvalue weighted by atomic mass is 9.84. The Balaban J connectivity index is 1.30. The van der Waals surface area contributed by atoms with Crippen LogP contribution < -0.4 is 16.4 Å². The van der Waals surface area contributed by atoms with Gasteiger partial charge in [-0.2, -0.15) is 0 Å². The number of aromatic nitrogens is 2. The molecule has 2 heterocycles. The zero-order chi connectivity index (χ0) is 40.9. The lowest BCUT2D eigenvalue weighted by molar-refractivity contribution is -0.141. The van der Waals surface area contributed by atoms with E-state index in [9.17, 15) is 33.5 Å². The van der Waals surface area contributed by atoms with Crippen molar-refractivity contribution < 1.29 is 37.9 Å². The van der Waals surface area contributed by atoms with Crippen LogP contribution in [0.15, 0.2) is 54.7 Å². The van der Waals surface area contributed by atoms with Crippen molar-refractivity contribution in [2.45, 2.75) is 91.4 Å². The molecule has 302 valence electrons. The molecule has 5 N–H and O–H groups in total. The van der Waals surface area contributed by atoms with Crippen molar-refractivity contribution in [1.82, 2.24) is 30.0 Å².